The van der Waals surface area contributed by atoms with Crippen molar-refractivity contribution in [3.63, 3.8) is 0 Å². The van der Waals surface area contributed by atoms with E-state index in [0.29, 0.717) is 17.6 Å². The molecule has 142 valence electrons. The van der Waals surface area contributed by atoms with Gasteiger partial charge in [0.2, 0.25) is 0 Å². The lowest BCUT2D eigenvalue weighted by molar-refractivity contribution is -0.385. The minimum Gasteiger partial charge on any atom is -0.289 e. The zero-order valence-electron chi connectivity index (χ0n) is 15.2. The number of nitrogens with zero attached hydrogens (tertiary/aromatic N) is 2. The van der Waals surface area contributed by atoms with Crippen molar-refractivity contribution in [1.29, 1.82) is 0 Å². The summed E-state index contributed by atoms with van der Waals surface area (Å²) in [5, 5.41) is 21.5. The Morgan fingerprint density at radius 2 is 1.32 bits per heavy atom. The first-order valence-electron chi connectivity index (χ1n) is 8.81. The normalized spacial score (nSPS) is 19.8. The van der Waals surface area contributed by atoms with Gasteiger partial charge < -0.3 is 0 Å². The van der Waals surface area contributed by atoms with Gasteiger partial charge in [-0.2, -0.15) is 0 Å². The van der Waals surface area contributed by atoms with Crippen LogP contribution in [-0.2, 0) is 4.79 Å². The predicted molar refractivity (Wildman–Crippen MR) is 106 cm³/mol. The van der Waals surface area contributed by atoms with Gasteiger partial charge in [0.15, 0.2) is 5.78 Å². The molecule has 0 saturated heterocycles. The second-order valence-corrected chi connectivity index (χ2v) is 6.74. The van der Waals surface area contributed by atoms with Crippen molar-refractivity contribution < 1.29 is 14.6 Å². The predicted octanol–water partition coefficient (Wildman–Crippen LogP) is 4.97. The number of nitro benzene ring substituents is 2. The third-order valence-corrected chi connectivity index (χ3v) is 4.80. The Bertz CT molecular complexity index is 988. The molecule has 1 saturated carbocycles. The molecular formula is C21H18N2O5. The SMILES string of the molecule is C[C@H]1CC/C(=C\c2ccc([N+](=O)[O-])cc2)C(=O)/C1=C\c1ccc([N+](=O)[O-])cc1. The molecule has 1 atom stereocenters. The maximum atomic E-state index is 12.9. The highest BCUT2D eigenvalue weighted by atomic mass is 16.6. The largest absolute Gasteiger partial charge is 0.289 e. The first-order valence-corrected chi connectivity index (χ1v) is 8.81. The highest BCUT2D eigenvalue weighted by molar-refractivity contribution is 6.14. The lowest BCUT2D eigenvalue weighted by Gasteiger charge is -2.23. The number of non-ortho nitro benzene ring substituents is 2. The number of carbonyl (C=O) groups is 1. The number of hydrogen-bond donors (Lipinski definition) is 0. The average Bonchev–Trinajstić information content (AvgIpc) is 2.68. The summed E-state index contributed by atoms with van der Waals surface area (Å²) in [5.74, 6) is 0.0205. The molecule has 0 amide bonds. The summed E-state index contributed by atoms with van der Waals surface area (Å²) >= 11 is 0. The Labute approximate surface area is 161 Å². The van der Waals surface area contributed by atoms with Crippen LogP contribution in [0.25, 0.3) is 12.2 Å². The van der Waals surface area contributed by atoms with Gasteiger partial charge in [0, 0.05) is 35.4 Å². The molecule has 0 heterocycles. The third-order valence-electron chi connectivity index (χ3n) is 4.80. The summed E-state index contributed by atoms with van der Waals surface area (Å²) in [6.07, 6.45) is 4.99. The fourth-order valence-corrected chi connectivity index (χ4v) is 3.16. The van der Waals surface area contributed by atoms with Crippen LogP contribution in [-0.4, -0.2) is 15.6 Å². The maximum Gasteiger partial charge on any atom is 0.269 e. The van der Waals surface area contributed by atoms with Crippen molar-refractivity contribution in [2.45, 2.75) is 19.8 Å². The first-order chi connectivity index (χ1) is 13.3. The summed E-state index contributed by atoms with van der Waals surface area (Å²) in [6, 6.07) is 12.1. The van der Waals surface area contributed by atoms with Gasteiger partial charge in [-0.05, 0) is 66.3 Å². The standard InChI is InChI=1S/C21H18N2O5/c1-14-2-7-17(12-15-3-8-18(9-4-15)22(25)26)21(24)20(14)13-16-5-10-19(11-6-16)23(27)28/h3-6,8-14H,2,7H2,1H3/b17-12+,20-13-/t14-/m0/s1. The molecule has 0 radical (unpaired) electrons. The van der Waals surface area contributed by atoms with E-state index in [1.165, 1.54) is 24.3 Å². The van der Waals surface area contributed by atoms with Crippen LogP contribution in [0.5, 0.6) is 0 Å². The van der Waals surface area contributed by atoms with Gasteiger partial charge >= 0.3 is 0 Å². The smallest absolute Gasteiger partial charge is 0.269 e. The van der Waals surface area contributed by atoms with E-state index >= 15 is 0 Å². The summed E-state index contributed by atoms with van der Waals surface area (Å²) in [7, 11) is 0. The summed E-state index contributed by atoms with van der Waals surface area (Å²) in [4.78, 5) is 33.5. The molecule has 28 heavy (non-hydrogen) atoms. The Morgan fingerprint density at radius 3 is 1.79 bits per heavy atom. The van der Waals surface area contributed by atoms with Crippen LogP contribution in [0.3, 0.4) is 0 Å². The van der Waals surface area contributed by atoms with Gasteiger partial charge in [-0.25, -0.2) is 0 Å². The number of Topliss-reactive ketones (excluding diaryl/α,β-unsaturated/α-hetero) is 1. The number of ketones is 1. The molecular weight excluding hydrogens is 360 g/mol. The third kappa shape index (κ3) is 4.20. The molecule has 0 aliphatic heterocycles. The Hall–Kier alpha value is -3.61. The van der Waals surface area contributed by atoms with Crippen LogP contribution in [0.15, 0.2) is 59.7 Å². The van der Waals surface area contributed by atoms with Crippen molar-refractivity contribution >= 4 is 29.3 Å². The number of hydrogen-bond acceptors (Lipinski definition) is 5. The number of rotatable bonds is 4. The molecule has 7 nitrogen and oxygen atoms in total. The van der Waals surface area contributed by atoms with E-state index < -0.39 is 9.85 Å². The molecule has 3 rings (SSSR count). The van der Waals surface area contributed by atoms with Crippen LogP contribution in [0.2, 0.25) is 0 Å². The van der Waals surface area contributed by atoms with Crippen molar-refractivity contribution in [2.75, 3.05) is 0 Å². The van der Waals surface area contributed by atoms with Crippen LogP contribution >= 0.6 is 0 Å². The van der Waals surface area contributed by atoms with E-state index in [1.807, 2.05) is 6.92 Å². The fourth-order valence-electron chi connectivity index (χ4n) is 3.16. The van der Waals surface area contributed by atoms with E-state index in [-0.39, 0.29) is 23.1 Å². The maximum absolute atomic E-state index is 12.9. The molecule has 0 N–H and O–H groups in total. The summed E-state index contributed by atoms with van der Waals surface area (Å²) in [5.41, 5.74) is 2.79. The average molecular weight is 378 g/mol. The van der Waals surface area contributed by atoms with Gasteiger partial charge in [-0.15, -0.1) is 0 Å². The van der Waals surface area contributed by atoms with Gasteiger partial charge in [0.25, 0.3) is 11.4 Å². The zero-order chi connectivity index (χ0) is 20.3. The van der Waals surface area contributed by atoms with Crippen molar-refractivity contribution in [3.8, 4) is 0 Å². The van der Waals surface area contributed by atoms with E-state index in [9.17, 15) is 25.0 Å². The zero-order valence-corrected chi connectivity index (χ0v) is 15.2. The topological polar surface area (TPSA) is 103 Å². The van der Waals surface area contributed by atoms with Crippen molar-refractivity contribution in [2.24, 2.45) is 5.92 Å². The number of nitro groups is 2. The minimum atomic E-state index is -0.463. The monoisotopic (exact) mass is 378 g/mol. The lowest BCUT2D eigenvalue weighted by atomic mass is 9.80. The van der Waals surface area contributed by atoms with Gasteiger partial charge in [-0.1, -0.05) is 6.92 Å². The number of allylic oxidation sites excluding steroid dienone is 2. The summed E-state index contributed by atoms with van der Waals surface area (Å²) < 4.78 is 0. The Balaban J connectivity index is 1.87. The van der Waals surface area contributed by atoms with E-state index in [1.54, 1.807) is 36.4 Å². The van der Waals surface area contributed by atoms with Crippen molar-refractivity contribution in [3.05, 3.63) is 91.0 Å². The number of carbonyl (C=O) groups excluding carboxylic acids is 1. The molecule has 1 aliphatic rings. The first kappa shape index (κ1) is 19.2. The molecule has 2 aromatic carbocycles. The molecule has 0 aromatic heterocycles. The molecule has 1 aliphatic carbocycles. The van der Waals surface area contributed by atoms with E-state index in [2.05, 4.69) is 0 Å². The fraction of sp³-hybridized carbons (Fsp3) is 0.190. The highest BCUT2D eigenvalue weighted by Gasteiger charge is 2.26. The molecule has 0 unspecified atom stereocenters. The number of benzene rings is 2. The van der Waals surface area contributed by atoms with Gasteiger partial charge in [-0.3, -0.25) is 25.0 Å². The second-order valence-electron chi connectivity index (χ2n) is 6.74. The second kappa shape index (κ2) is 7.96. The quantitative estimate of drug-likeness (QED) is 0.424. The molecule has 0 spiro atoms. The van der Waals surface area contributed by atoms with E-state index in [0.717, 1.165) is 17.5 Å². The highest BCUT2D eigenvalue weighted by Crippen LogP contribution is 2.33. The van der Waals surface area contributed by atoms with E-state index in [4.69, 9.17) is 0 Å². The minimum absolute atomic E-state index is 0.00363. The van der Waals surface area contributed by atoms with Crippen molar-refractivity contribution in [1.82, 2.24) is 0 Å². The molecule has 1 fully saturated rings. The van der Waals surface area contributed by atoms with Gasteiger partial charge in [0.05, 0.1) is 9.85 Å². The lowest BCUT2D eigenvalue weighted by Crippen LogP contribution is -2.19. The Morgan fingerprint density at radius 1 is 0.857 bits per heavy atom. The van der Waals surface area contributed by atoms with Gasteiger partial charge in [0.1, 0.15) is 0 Å². The van der Waals surface area contributed by atoms with Crippen LogP contribution in [0.4, 0.5) is 11.4 Å². The van der Waals surface area contributed by atoms with Crippen LogP contribution < -0.4 is 0 Å². The summed E-state index contributed by atoms with van der Waals surface area (Å²) in [6.45, 7) is 1.98. The molecule has 2 aromatic rings. The molecule has 0 bridgehead atoms. The van der Waals surface area contributed by atoms with Crippen LogP contribution in [0.1, 0.15) is 30.9 Å². The Kier molecular flexibility index (Phi) is 5.44. The molecule has 7 heteroatoms. The van der Waals surface area contributed by atoms with Crippen LogP contribution in [0, 0.1) is 26.1 Å².